The molecule has 0 aliphatic carbocycles. The van der Waals surface area contributed by atoms with E-state index < -0.39 is 28.5 Å². The fourth-order valence-electron chi connectivity index (χ4n) is 3.22. The average molecular weight is 468 g/mol. The largest absolute Gasteiger partial charge is 0.506 e. The summed E-state index contributed by atoms with van der Waals surface area (Å²) in [6.45, 7) is 0. The van der Waals surface area contributed by atoms with E-state index in [1.54, 1.807) is 24.3 Å². The molecule has 0 aliphatic heterocycles. The summed E-state index contributed by atoms with van der Waals surface area (Å²) in [6, 6.07) is 20.5. The number of nitrogens with zero attached hydrogens (tertiary/aromatic N) is 2. The zero-order chi connectivity index (χ0) is 22.8. The standard InChI is InChI=1S/C23H15Cl2N3O4/c24-18-16(12-11-15-17(18)21(29)19(25)20(26-15)22(30)31)27-23(32)28(13-7-3-1-4-8-13)14-9-5-2-6-10-14/h1-12H,(H,26,29)(H,27,32)(H,30,31). The van der Waals surface area contributed by atoms with Crippen molar-refractivity contribution >= 4 is 63.2 Å². The summed E-state index contributed by atoms with van der Waals surface area (Å²) in [4.78, 5) is 30.0. The lowest BCUT2D eigenvalue weighted by molar-refractivity contribution is 0.0690. The molecule has 0 unspecified atom stereocenters. The van der Waals surface area contributed by atoms with Crippen molar-refractivity contribution in [3.05, 3.63) is 88.5 Å². The molecule has 7 nitrogen and oxygen atoms in total. The van der Waals surface area contributed by atoms with E-state index in [0.29, 0.717) is 11.4 Å². The first-order valence-electron chi connectivity index (χ1n) is 9.33. The summed E-state index contributed by atoms with van der Waals surface area (Å²) in [5, 5.41) is 22.0. The van der Waals surface area contributed by atoms with Gasteiger partial charge < -0.3 is 15.5 Å². The molecular formula is C23H15Cl2N3O4. The number of anilines is 3. The van der Waals surface area contributed by atoms with Crippen molar-refractivity contribution in [3.63, 3.8) is 0 Å². The van der Waals surface area contributed by atoms with Crippen LogP contribution in [-0.4, -0.2) is 27.2 Å². The second kappa shape index (κ2) is 8.74. The Morgan fingerprint density at radius 3 is 1.94 bits per heavy atom. The Hall–Kier alpha value is -3.81. The molecule has 0 aliphatic rings. The van der Waals surface area contributed by atoms with Crippen LogP contribution in [0, 0.1) is 0 Å². The molecule has 9 heteroatoms. The first-order valence-corrected chi connectivity index (χ1v) is 10.1. The van der Waals surface area contributed by atoms with Crippen molar-refractivity contribution in [2.75, 3.05) is 10.2 Å². The summed E-state index contributed by atoms with van der Waals surface area (Å²) < 4.78 is 0. The van der Waals surface area contributed by atoms with Gasteiger partial charge in [0.05, 0.1) is 33.0 Å². The predicted molar refractivity (Wildman–Crippen MR) is 124 cm³/mol. The van der Waals surface area contributed by atoms with Gasteiger partial charge in [0.1, 0.15) is 10.8 Å². The Labute approximate surface area is 192 Å². The van der Waals surface area contributed by atoms with Crippen molar-refractivity contribution in [1.82, 2.24) is 4.98 Å². The molecule has 0 spiro atoms. The van der Waals surface area contributed by atoms with E-state index in [4.69, 9.17) is 23.2 Å². The summed E-state index contributed by atoms with van der Waals surface area (Å²) >= 11 is 12.4. The van der Waals surface area contributed by atoms with Gasteiger partial charge in [-0.3, -0.25) is 4.90 Å². The molecule has 0 atom stereocenters. The molecule has 4 rings (SSSR count). The van der Waals surface area contributed by atoms with Crippen LogP contribution in [0.15, 0.2) is 72.8 Å². The monoisotopic (exact) mass is 467 g/mol. The number of hydrogen-bond donors (Lipinski definition) is 3. The van der Waals surface area contributed by atoms with Crippen LogP contribution in [0.2, 0.25) is 10.0 Å². The number of carbonyl (C=O) groups excluding carboxylic acids is 1. The lowest BCUT2D eigenvalue weighted by Crippen LogP contribution is -2.30. The van der Waals surface area contributed by atoms with Crippen LogP contribution in [0.1, 0.15) is 10.5 Å². The molecule has 1 aromatic heterocycles. The van der Waals surface area contributed by atoms with Gasteiger partial charge in [0.15, 0.2) is 5.69 Å². The number of carboxylic acid groups (broad SMARTS) is 1. The van der Waals surface area contributed by atoms with E-state index in [-0.39, 0.29) is 21.6 Å². The Balaban J connectivity index is 1.77. The van der Waals surface area contributed by atoms with Gasteiger partial charge in [-0.2, -0.15) is 0 Å². The maximum atomic E-state index is 13.3. The number of amides is 2. The van der Waals surface area contributed by atoms with Gasteiger partial charge in [0.2, 0.25) is 0 Å². The SMILES string of the molecule is O=C(O)c1nc2ccc(NC(=O)N(c3ccccc3)c3ccccc3)c(Cl)c2c(O)c1Cl. The normalized spacial score (nSPS) is 10.7. The van der Waals surface area contributed by atoms with Crippen LogP contribution in [-0.2, 0) is 0 Å². The number of aromatic nitrogens is 1. The van der Waals surface area contributed by atoms with Crippen LogP contribution in [0.25, 0.3) is 10.9 Å². The van der Waals surface area contributed by atoms with E-state index in [2.05, 4.69) is 10.3 Å². The molecule has 0 saturated heterocycles. The highest BCUT2D eigenvalue weighted by Gasteiger charge is 2.23. The number of halogens is 2. The number of fused-ring (bicyclic) bond motifs is 1. The summed E-state index contributed by atoms with van der Waals surface area (Å²) in [5.41, 5.74) is 1.08. The highest BCUT2D eigenvalue weighted by molar-refractivity contribution is 6.41. The fraction of sp³-hybridized carbons (Fsp3) is 0. The molecule has 4 aromatic rings. The van der Waals surface area contributed by atoms with Crippen LogP contribution < -0.4 is 10.2 Å². The Morgan fingerprint density at radius 2 is 1.41 bits per heavy atom. The zero-order valence-corrected chi connectivity index (χ0v) is 17.8. The number of nitrogens with one attached hydrogen (secondary N) is 1. The van der Waals surface area contributed by atoms with Crippen LogP contribution in [0.3, 0.4) is 0 Å². The van der Waals surface area contributed by atoms with Crippen molar-refractivity contribution in [2.24, 2.45) is 0 Å². The van der Waals surface area contributed by atoms with Crippen molar-refractivity contribution in [1.29, 1.82) is 0 Å². The molecule has 0 saturated carbocycles. The topological polar surface area (TPSA) is 103 Å². The maximum absolute atomic E-state index is 13.3. The van der Waals surface area contributed by atoms with E-state index in [0.717, 1.165) is 0 Å². The Bertz CT molecular complexity index is 1290. The number of para-hydroxylation sites is 2. The number of carbonyl (C=O) groups is 2. The number of aromatic hydroxyl groups is 1. The minimum Gasteiger partial charge on any atom is -0.506 e. The van der Waals surface area contributed by atoms with Crippen LogP contribution in [0.5, 0.6) is 5.75 Å². The molecule has 2 amide bonds. The van der Waals surface area contributed by atoms with Gasteiger partial charge >= 0.3 is 12.0 Å². The average Bonchev–Trinajstić information content (AvgIpc) is 2.79. The third-order valence-corrected chi connectivity index (χ3v) is 5.43. The fourth-order valence-corrected chi connectivity index (χ4v) is 3.74. The first kappa shape index (κ1) is 21.4. The van der Waals surface area contributed by atoms with Gasteiger partial charge in [-0.05, 0) is 36.4 Å². The van der Waals surface area contributed by atoms with E-state index >= 15 is 0 Å². The summed E-state index contributed by atoms with van der Waals surface area (Å²) in [5.74, 6) is -1.92. The number of rotatable bonds is 4. The van der Waals surface area contributed by atoms with E-state index in [9.17, 15) is 19.8 Å². The van der Waals surface area contributed by atoms with Crippen molar-refractivity contribution in [2.45, 2.75) is 0 Å². The molecule has 3 N–H and O–H groups in total. The summed E-state index contributed by atoms with van der Waals surface area (Å²) in [6.07, 6.45) is 0. The van der Waals surface area contributed by atoms with Gasteiger partial charge in [0.25, 0.3) is 0 Å². The van der Waals surface area contributed by atoms with Crippen LogP contribution in [0.4, 0.5) is 21.9 Å². The second-order valence-electron chi connectivity index (χ2n) is 6.69. The highest BCUT2D eigenvalue weighted by atomic mass is 35.5. The van der Waals surface area contributed by atoms with E-state index in [1.807, 2.05) is 36.4 Å². The number of aromatic carboxylic acids is 1. The van der Waals surface area contributed by atoms with E-state index in [1.165, 1.54) is 17.0 Å². The highest BCUT2D eigenvalue weighted by Crippen LogP contribution is 2.41. The number of carboxylic acids is 1. The smallest absolute Gasteiger partial charge is 0.356 e. The molecule has 1 heterocycles. The van der Waals surface area contributed by atoms with Gasteiger partial charge in [-0.1, -0.05) is 59.6 Å². The minimum absolute atomic E-state index is 0.0271. The number of benzene rings is 3. The molecule has 0 bridgehead atoms. The van der Waals surface area contributed by atoms with Crippen molar-refractivity contribution < 1.29 is 19.8 Å². The quantitative estimate of drug-likeness (QED) is 0.326. The lowest BCUT2D eigenvalue weighted by Gasteiger charge is -2.24. The van der Waals surface area contributed by atoms with Gasteiger partial charge in [0, 0.05) is 0 Å². The zero-order valence-electron chi connectivity index (χ0n) is 16.3. The maximum Gasteiger partial charge on any atom is 0.356 e. The predicted octanol–water partition coefficient (Wildman–Crippen LogP) is 6.32. The van der Waals surface area contributed by atoms with Gasteiger partial charge in [-0.15, -0.1) is 0 Å². The van der Waals surface area contributed by atoms with Crippen molar-refractivity contribution in [3.8, 4) is 5.75 Å². The molecule has 160 valence electrons. The Morgan fingerprint density at radius 1 is 0.844 bits per heavy atom. The Kier molecular flexibility index (Phi) is 5.85. The molecular weight excluding hydrogens is 453 g/mol. The minimum atomic E-state index is -1.39. The lowest BCUT2D eigenvalue weighted by atomic mass is 10.1. The number of pyridine rings is 1. The third kappa shape index (κ3) is 3.91. The molecule has 32 heavy (non-hydrogen) atoms. The van der Waals surface area contributed by atoms with Crippen LogP contribution >= 0.6 is 23.2 Å². The number of urea groups is 1. The first-order chi connectivity index (χ1) is 15.4. The second-order valence-corrected chi connectivity index (χ2v) is 7.44. The molecule has 0 radical (unpaired) electrons. The molecule has 3 aromatic carbocycles. The third-order valence-electron chi connectivity index (χ3n) is 4.68. The summed E-state index contributed by atoms with van der Waals surface area (Å²) in [7, 11) is 0. The van der Waals surface area contributed by atoms with Gasteiger partial charge in [-0.25, -0.2) is 14.6 Å². The molecule has 0 fully saturated rings. The number of hydrogen-bond acceptors (Lipinski definition) is 4.